The fraction of sp³-hybridized carbons (Fsp3) is 0.292. The number of benzene rings is 1. The summed E-state index contributed by atoms with van der Waals surface area (Å²) in [7, 11) is 0. The average molecular weight is 419 g/mol. The lowest BCUT2D eigenvalue weighted by Crippen LogP contribution is -2.26. The quantitative estimate of drug-likeness (QED) is 0.390. The van der Waals surface area contributed by atoms with E-state index in [1.807, 2.05) is 36.4 Å². The number of carboxylic acid groups (broad SMARTS) is 1. The molecule has 0 aliphatic heterocycles. The van der Waals surface area contributed by atoms with E-state index in [9.17, 15) is 9.90 Å². The molecule has 160 valence electrons. The second-order valence-corrected chi connectivity index (χ2v) is 7.23. The molecule has 31 heavy (non-hydrogen) atoms. The number of hydrogen-bond donors (Lipinski definition) is 1. The predicted molar refractivity (Wildman–Crippen MR) is 118 cm³/mol. The van der Waals surface area contributed by atoms with Crippen molar-refractivity contribution in [1.29, 1.82) is 0 Å². The van der Waals surface area contributed by atoms with Crippen molar-refractivity contribution in [3.05, 3.63) is 66.5 Å². The normalized spacial score (nSPS) is 12.3. The van der Waals surface area contributed by atoms with Crippen LogP contribution in [0.4, 0.5) is 0 Å². The first-order valence-corrected chi connectivity index (χ1v) is 10.4. The minimum atomic E-state index is -0.947. The van der Waals surface area contributed by atoms with Gasteiger partial charge in [-0.3, -0.25) is 9.97 Å². The number of pyridine rings is 2. The molecule has 0 saturated heterocycles. The van der Waals surface area contributed by atoms with Crippen molar-refractivity contribution in [2.45, 2.75) is 32.4 Å². The van der Waals surface area contributed by atoms with Crippen LogP contribution in [0.25, 0.3) is 22.1 Å². The maximum atomic E-state index is 11.2. The summed E-state index contributed by atoms with van der Waals surface area (Å²) in [5.41, 5.74) is 4.88. The minimum absolute atomic E-state index is 0.333. The SMILES string of the molecule is CCOC(Cc1ccc(OCCCn2c3cccnc3c3ncccc32)cc1)C(=O)O. The Bertz CT molecular complexity index is 1120. The molecule has 0 saturated carbocycles. The Hall–Kier alpha value is -3.45. The molecule has 0 spiro atoms. The third-order valence-electron chi connectivity index (χ3n) is 5.16. The van der Waals surface area contributed by atoms with E-state index in [-0.39, 0.29) is 0 Å². The van der Waals surface area contributed by atoms with Crippen LogP contribution in [0.5, 0.6) is 5.75 Å². The fourth-order valence-electron chi connectivity index (χ4n) is 3.73. The zero-order valence-electron chi connectivity index (χ0n) is 17.4. The number of hydrogen-bond acceptors (Lipinski definition) is 5. The van der Waals surface area contributed by atoms with E-state index in [0.29, 0.717) is 19.6 Å². The van der Waals surface area contributed by atoms with Crippen LogP contribution in [-0.2, 0) is 22.5 Å². The molecule has 1 N–H and O–H groups in total. The van der Waals surface area contributed by atoms with Crippen LogP contribution in [0.15, 0.2) is 60.9 Å². The molecule has 1 aromatic carbocycles. The molecule has 0 fully saturated rings. The molecule has 3 aromatic heterocycles. The third kappa shape index (κ3) is 4.67. The largest absolute Gasteiger partial charge is 0.494 e. The summed E-state index contributed by atoms with van der Waals surface area (Å²) in [6.45, 7) is 3.53. The van der Waals surface area contributed by atoms with Crippen LogP contribution < -0.4 is 4.74 Å². The van der Waals surface area contributed by atoms with Gasteiger partial charge in [0, 0.05) is 32.0 Å². The molecule has 7 heteroatoms. The Morgan fingerprint density at radius 2 is 1.68 bits per heavy atom. The highest BCUT2D eigenvalue weighted by molar-refractivity contribution is 6.02. The van der Waals surface area contributed by atoms with Crippen LogP contribution in [0.2, 0.25) is 0 Å². The van der Waals surface area contributed by atoms with Gasteiger partial charge < -0.3 is 19.1 Å². The Kier molecular flexibility index (Phi) is 6.43. The molecule has 0 aliphatic carbocycles. The van der Waals surface area contributed by atoms with Crippen LogP contribution in [0.3, 0.4) is 0 Å². The van der Waals surface area contributed by atoms with E-state index in [0.717, 1.165) is 46.3 Å². The summed E-state index contributed by atoms with van der Waals surface area (Å²) in [4.78, 5) is 20.2. The number of fused-ring (bicyclic) bond motifs is 3. The van der Waals surface area contributed by atoms with Crippen molar-refractivity contribution in [2.75, 3.05) is 13.2 Å². The van der Waals surface area contributed by atoms with Crippen molar-refractivity contribution in [1.82, 2.24) is 14.5 Å². The Labute approximate surface area is 180 Å². The number of aromatic nitrogens is 3. The molecule has 7 nitrogen and oxygen atoms in total. The molecule has 3 heterocycles. The molecule has 0 radical (unpaired) electrons. The molecule has 0 amide bonds. The Balaban J connectivity index is 1.36. The Morgan fingerprint density at radius 3 is 2.26 bits per heavy atom. The first kappa shape index (κ1) is 20.8. The van der Waals surface area contributed by atoms with E-state index in [1.165, 1.54) is 0 Å². The third-order valence-corrected chi connectivity index (χ3v) is 5.16. The van der Waals surface area contributed by atoms with Gasteiger partial charge in [-0.25, -0.2) is 4.79 Å². The lowest BCUT2D eigenvalue weighted by Gasteiger charge is -2.13. The van der Waals surface area contributed by atoms with Gasteiger partial charge >= 0.3 is 5.97 Å². The van der Waals surface area contributed by atoms with Gasteiger partial charge in [0.1, 0.15) is 16.8 Å². The Morgan fingerprint density at radius 1 is 1.03 bits per heavy atom. The summed E-state index contributed by atoms with van der Waals surface area (Å²) in [6.07, 6.45) is 3.92. The van der Waals surface area contributed by atoms with E-state index >= 15 is 0 Å². The number of nitrogens with zero attached hydrogens (tertiary/aromatic N) is 3. The molecule has 4 rings (SSSR count). The van der Waals surface area contributed by atoms with Gasteiger partial charge in [0.15, 0.2) is 6.10 Å². The van der Waals surface area contributed by atoms with Crippen LogP contribution in [-0.4, -0.2) is 44.9 Å². The number of carbonyl (C=O) groups is 1. The summed E-state index contributed by atoms with van der Waals surface area (Å²) in [5.74, 6) is -0.185. The van der Waals surface area contributed by atoms with Crippen LogP contribution >= 0.6 is 0 Å². The highest BCUT2D eigenvalue weighted by atomic mass is 16.5. The van der Waals surface area contributed by atoms with Crippen molar-refractivity contribution in [3.8, 4) is 5.75 Å². The first-order valence-electron chi connectivity index (χ1n) is 10.4. The van der Waals surface area contributed by atoms with E-state index in [4.69, 9.17) is 9.47 Å². The van der Waals surface area contributed by atoms with Gasteiger partial charge in [0.2, 0.25) is 0 Å². The number of aliphatic carboxylic acids is 1. The summed E-state index contributed by atoms with van der Waals surface area (Å²) in [5, 5.41) is 9.21. The van der Waals surface area contributed by atoms with Gasteiger partial charge in [-0.1, -0.05) is 12.1 Å². The summed E-state index contributed by atoms with van der Waals surface area (Å²) < 4.78 is 13.4. The molecule has 0 aliphatic rings. The lowest BCUT2D eigenvalue weighted by molar-refractivity contribution is -0.149. The summed E-state index contributed by atoms with van der Waals surface area (Å²) in [6, 6.07) is 15.5. The smallest absolute Gasteiger partial charge is 0.333 e. The van der Waals surface area contributed by atoms with E-state index in [1.54, 1.807) is 19.3 Å². The van der Waals surface area contributed by atoms with Crippen molar-refractivity contribution < 1.29 is 19.4 Å². The maximum Gasteiger partial charge on any atom is 0.333 e. The number of carboxylic acids is 1. The molecule has 0 bridgehead atoms. The number of aryl methyl sites for hydroxylation is 1. The van der Waals surface area contributed by atoms with Crippen molar-refractivity contribution in [2.24, 2.45) is 0 Å². The predicted octanol–water partition coefficient (Wildman–Crippen LogP) is 4.09. The second-order valence-electron chi connectivity index (χ2n) is 7.23. The van der Waals surface area contributed by atoms with E-state index in [2.05, 4.69) is 26.7 Å². The monoisotopic (exact) mass is 419 g/mol. The first-order chi connectivity index (χ1) is 15.2. The summed E-state index contributed by atoms with van der Waals surface area (Å²) >= 11 is 0. The lowest BCUT2D eigenvalue weighted by atomic mass is 10.1. The zero-order chi connectivity index (χ0) is 21.6. The van der Waals surface area contributed by atoms with Gasteiger partial charge in [-0.15, -0.1) is 0 Å². The van der Waals surface area contributed by atoms with Crippen LogP contribution in [0.1, 0.15) is 18.9 Å². The van der Waals surface area contributed by atoms with Gasteiger partial charge in [-0.05, 0) is 55.3 Å². The van der Waals surface area contributed by atoms with Gasteiger partial charge in [0.25, 0.3) is 0 Å². The molecule has 1 unspecified atom stereocenters. The minimum Gasteiger partial charge on any atom is -0.494 e. The molecular weight excluding hydrogens is 394 g/mol. The topological polar surface area (TPSA) is 86.5 Å². The second kappa shape index (κ2) is 9.57. The standard InChI is InChI=1S/C24H25N3O4/c1-2-30-21(24(28)29)16-17-8-10-18(11-9-17)31-15-5-14-27-19-6-3-12-25-22(19)23-20(27)7-4-13-26-23/h3-4,6-13,21H,2,5,14-16H2,1H3,(H,28,29). The highest BCUT2D eigenvalue weighted by Crippen LogP contribution is 2.25. The molecular formula is C24H25N3O4. The number of rotatable bonds is 10. The molecule has 4 aromatic rings. The molecule has 1 atom stereocenters. The van der Waals surface area contributed by atoms with Crippen LogP contribution in [0, 0.1) is 0 Å². The number of ether oxygens (including phenoxy) is 2. The highest BCUT2D eigenvalue weighted by Gasteiger charge is 2.17. The zero-order valence-corrected chi connectivity index (χ0v) is 17.4. The fourth-order valence-corrected chi connectivity index (χ4v) is 3.73. The van der Waals surface area contributed by atoms with Gasteiger partial charge in [-0.2, -0.15) is 0 Å². The van der Waals surface area contributed by atoms with E-state index < -0.39 is 12.1 Å². The van der Waals surface area contributed by atoms with Gasteiger partial charge in [0.05, 0.1) is 17.6 Å². The average Bonchev–Trinajstić information content (AvgIpc) is 3.11. The maximum absolute atomic E-state index is 11.2. The van der Waals surface area contributed by atoms with Crippen molar-refractivity contribution >= 4 is 28.0 Å². The van der Waals surface area contributed by atoms with Crippen molar-refractivity contribution in [3.63, 3.8) is 0 Å².